The fourth-order valence-electron chi connectivity index (χ4n) is 3.15. The number of nitrogens with zero attached hydrogens (tertiary/aromatic N) is 3. The Morgan fingerprint density at radius 1 is 1.06 bits per heavy atom. The Labute approximate surface area is 194 Å². The Kier molecular flexibility index (Phi) is 8.59. The fraction of sp³-hybridized carbons (Fsp3) is 0.364. The maximum atomic E-state index is 13.3. The van der Waals surface area contributed by atoms with Gasteiger partial charge in [0.05, 0.1) is 20.9 Å². The molecule has 2 aromatic carbocycles. The third kappa shape index (κ3) is 5.83. The number of amides is 1. The average Bonchev–Trinajstić information content (AvgIpc) is 3.16. The summed E-state index contributed by atoms with van der Waals surface area (Å²) in [5.74, 6) is -0.145. The topological polar surface area (TPSA) is 70.6 Å². The van der Waals surface area contributed by atoms with E-state index in [0.717, 1.165) is 28.7 Å². The first-order valence-electron chi connectivity index (χ1n) is 9.88. The van der Waals surface area contributed by atoms with Gasteiger partial charge in [-0.15, -0.1) is 12.4 Å². The van der Waals surface area contributed by atoms with Crippen LogP contribution >= 0.6 is 23.7 Å². The summed E-state index contributed by atoms with van der Waals surface area (Å²) in [5, 5.41) is 0.660. The highest BCUT2D eigenvalue weighted by atomic mass is 35.5. The molecule has 6 nitrogen and oxygen atoms in total. The van der Waals surface area contributed by atoms with Gasteiger partial charge in [-0.25, -0.2) is 13.4 Å². The normalized spacial score (nSPS) is 11.5. The standard InChI is InChI=1S/C22H27N3O3S2.ClH/c1-5-30(27,28)18-12-10-17(11-13-18)21(26)25(15-7-14-24(3)4)22-23-20-16(2)8-6-9-19(20)29-22;/h6,8-13H,5,7,14-15H2,1-4H3;1H. The predicted octanol–water partition coefficient (Wildman–Crippen LogP) is 4.42. The molecule has 3 aromatic rings. The molecule has 9 heteroatoms. The van der Waals surface area contributed by atoms with Gasteiger partial charge in [-0.2, -0.15) is 0 Å². The van der Waals surface area contributed by atoms with E-state index in [1.807, 2.05) is 39.2 Å². The Morgan fingerprint density at radius 2 is 1.74 bits per heavy atom. The molecule has 3 rings (SSSR count). The van der Waals surface area contributed by atoms with E-state index in [1.165, 1.54) is 23.5 Å². The lowest BCUT2D eigenvalue weighted by atomic mass is 10.2. The van der Waals surface area contributed by atoms with Crippen LogP contribution in [0.5, 0.6) is 0 Å². The Balaban J connectivity index is 0.00000341. The summed E-state index contributed by atoms with van der Waals surface area (Å²) < 4.78 is 25.2. The lowest BCUT2D eigenvalue weighted by Crippen LogP contribution is -2.33. The number of para-hydroxylation sites is 1. The third-order valence-corrected chi connectivity index (χ3v) is 7.71. The van der Waals surface area contributed by atoms with E-state index in [2.05, 4.69) is 4.90 Å². The zero-order chi connectivity index (χ0) is 21.9. The maximum Gasteiger partial charge on any atom is 0.260 e. The number of aryl methyl sites for hydroxylation is 1. The summed E-state index contributed by atoms with van der Waals surface area (Å²) in [5.41, 5.74) is 2.43. The van der Waals surface area contributed by atoms with Crippen molar-refractivity contribution in [2.24, 2.45) is 0 Å². The molecule has 1 aromatic heterocycles. The molecule has 31 heavy (non-hydrogen) atoms. The first kappa shape index (κ1) is 25.3. The molecule has 0 aliphatic rings. The number of sulfone groups is 1. The van der Waals surface area contributed by atoms with Crippen LogP contribution in [0.1, 0.15) is 29.3 Å². The van der Waals surface area contributed by atoms with Crippen LogP contribution in [0.15, 0.2) is 47.4 Å². The van der Waals surface area contributed by atoms with E-state index >= 15 is 0 Å². The first-order chi connectivity index (χ1) is 14.2. The van der Waals surface area contributed by atoms with Crippen molar-refractivity contribution in [1.29, 1.82) is 0 Å². The molecule has 0 spiro atoms. The molecule has 0 aliphatic heterocycles. The van der Waals surface area contributed by atoms with E-state index < -0.39 is 9.84 Å². The molecule has 0 saturated heterocycles. The lowest BCUT2D eigenvalue weighted by molar-refractivity contribution is 0.0986. The van der Waals surface area contributed by atoms with E-state index in [0.29, 0.717) is 17.2 Å². The lowest BCUT2D eigenvalue weighted by Gasteiger charge is -2.21. The number of benzene rings is 2. The number of hydrogen-bond acceptors (Lipinski definition) is 6. The highest BCUT2D eigenvalue weighted by molar-refractivity contribution is 7.91. The van der Waals surface area contributed by atoms with Crippen molar-refractivity contribution in [1.82, 2.24) is 9.88 Å². The number of aromatic nitrogens is 1. The summed E-state index contributed by atoms with van der Waals surface area (Å²) in [4.78, 5) is 22.1. The largest absolute Gasteiger partial charge is 0.309 e. The molecule has 1 amide bonds. The number of rotatable bonds is 8. The van der Waals surface area contributed by atoms with Gasteiger partial charge in [-0.3, -0.25) is 9.69 Å². The summed E-state index contributed by atoms with van der Waals surface area (Å²) >= 11 is 1.50. The van der Waals surface area contributed by atoms with Gasteiger partial charge >= 0.3 is 0 Å². The molecule has 0 saturated carbocycles. The minimum absolute atomic E-state index is 0. The summed E-state index contributed by atoms with van der Waals surface area (Å²) in [6.07, 6.45) is 0.802. The van der Waals surface area contributed by atoms with Crippen LogP contribution in [-0.4, -0.2) is 57.1 Å². The molecule has 0 unspecified atom stereocenters. The van der Waals surface area contributed by atoms with Crippen LogP contribution in [-0.2, 0) is 9.84 Å². The Hall–Kier alpha value is -2.00. The zero-order valence-corrected chi connectivity index (χ0v) is 20.6. The number of carbonyl (C=O) groups excluding carboxylic acids is 1. The molecular weight excluding hydrogens is 454 g/mol. The monoisotopic (exact) mass is 481 g/mol. The van der Waals surface area contributed by atoms with Crippen molar-refractivity contribution in [3.63, 3.8) is 0 Å². The molecule has 0 fully saturated rings. The number of hydrogen-bond donors (Lipinski definition) is 0. The molecular formula is C22H28ClN3O3S2. The summed E-state index contributed by atoms with van der Waals surface area (Å²) in [6.45, 7) is 5.00. The van der Waals surface area contributed by atoms with Crippen molar-refractivity contribution in [3.8, 4) is 0 Å². The SMILES string of the molecule is CCS(=O)(=O)c1ccc(C(=O)N(CCCN(C)C)c2nc3c(C)cccc3s2)cc1.Cl. The van der Waals surface area contributed by atoms with Crippen molar-refractivity contribution in [2.45, 2.75) is 25.2 Å². The smallest absolute Gasteiger partial charge is 0.260 e. The van der Waals surface area contributed by atoms with Crippen molar-refractivity contribution in [3.05, 3.63) is 53.6 Å². The van der Waals surface area contributed by atoms with Gasteiger partial charge in [-0.05, 0) is 69.9 Å². The number of fused-ring (bicyclic) bond motifs is 1. The van der Waals surface area contributed by atoms with Gasteiger partial charge in [0, 0.05) is 12.1 Å². The molecule has 0 radical (unpaired) electrons. The number of carbonyl (C=O) groups is 1. The van der Waals surface area contributed by atoms with Crippen LogP contribution in [0.4, 0.5) is 5.13 Å². The molecule has 0 atom stereocenters. The number of thiazole rings is 1. The second-order valence-corrected chi connectivity index (χ2v) is 10.7. The fourth-order valence-corrected chi connectivity index (χ4v) is 5.10. The minimum Gasteiger partial charge on any atom is -0.309 e. The van der Waals surface area contributed by atoms with E-state index in [4.69, 9.17) is 4.98 Å². The van der Waals surface area contributed by atoms with E-state index in [-0.39, 0.29) is 29.0 Å². The van der Waals surface area contributed by atoms with Crippen molar-refractivity contribution >= 4 is 54.8 Å². The first-order valence-corrected chi connectivity index (χ1v) is 12.4. The highest BCUT2D eigenvalue weighted by Gasteiger charge is 2.22. The maximum absolute atomic E-state index is 13.3. The second-order valence-electron chi connectivity index (χ2n) is 7.46. The van der Waals surface area contributed by atoms with Gasteiger partial charge < -0.3 is 4.90 Å². The number of anilines is 1. The molecule has 0 N–H and O–H groups in total. The average molecular weight is 482 g/mol. The second kappa shape index (κ2) is 10.5. The third-order valence-electron chi connectivity index (χ3n) is 4.91. The molecule has 0 aliphatic carbocycles. The van der Waals surface area contributed by atoms with Gasteiger partial charge in [0.15, 0.2) is 15.0 Å². The predicted molar refractivity (Wildman–Crippen MR) is 131 cm³/mol. The zero-order valence-electron chi connectivity index (χ0n) is 18.2. The Bertz CT molecular complexity index is 1140. The molecule has 1 heterocycles. The van der Waals surface area contributed by atoms with Crippen LogP contribution < -0.4 is 4.90 Å². The van der Waals surface area contributed by atoms with Gasteiger partial charge in [0.1, 0.15) is 0 Å². The van der Waals surface area contributed by atoms with Crippen LogP contribution in [0.2, 0.25) is 0 Å². The molecule has 168 valence electrons. The van der Waals surface area contributed by atoms with E-state index in [9.17, 15) is 13.2 Å². The highest BCUT2D eigenvalue weighted by Crippen LogP contribution is 2.31. The van der Waals surface area contributed by atoms with Crippen LogP contribution in [0.3, 0.4) is 0 Å². The van der Waals surface area contributed by atoms with Crippen molar-refractivity contribution < 1.29 is 13.2 Å². The Morgan fingerprint density at radius 3 is 2.32 bits per heavy atom. The van der Waals surface area contributed by atoms with Crippen LogP contribution in [0.25, 0.3) is 10.2 Å². The van der Waals surface area contributed by atoms with Gasteiger partial charge in [0.2, 0.25) is 0 Å². The van der Waals surface area contributed by atoms with E-state index in [1.54, 1.807) is 24.0 Å². The van der Waals surface area contributed by atoms with Crippen molar-refractivity contribution in [2.75, 3.05) is 37.8 Å². The number of halogens is 1. The summed E-state index contributed by atoms with van der Waals surface area (Å²) in [6, 6.07) is 12.2. The van der Waals surface area contributed by atoms with Gasteiger partial charge in [-0.1, -0.05) is 30.4 Å². The van der Waals surface area contributed by atoms with Gasteiger partial charge in [0.25, 0.3) is 5.91 Å². The minimum atomic E-state index is -3.30. The quantitative estimate of drug-likeness (QED) is 0.476. The summed E-state index contributed by atoms with van der Waals surface area (Å²) in [7, 11) is 0.701. The van der Waals surface area contributed by atoms with Crippen LogP contribution in [0, 0.1) is 6.92 Å². The molecule has 0 bridgehead atoms.